The van der Waals surface area contributed by atoms with Gasteiger partial charge in [-0.2, -0.15) is 13.2 Å². The Morgan fingerprint density at radius 2 is 1.88 bits per heavy atom. The van der Waals surface area contributed by atoms with Crippen molar-refractivity contribution in [2.24, 2.45) is 5.73 Å². The summed E-state index contributed by atoms with van der Waals surface area (Å²) in [6, 6.07) is 11.8. The van der Waals surface area contributed by atoms with E-state index in [1.165, 1.54) is 12.1 Å². The van der Waals surface area contributed by atoms with Crippen molar-refractivity contribution < 1.29 is 32.5 Å². The molecule has 2 aromatic rings. The highest BCUT2D eigenvalue weighted by Crippen LogP contribution is 2.30. The van der Waals surface area contributed by atoms with Crippen LogP contribution in [0.15, 0.2) is 48.5 Å². The lowest BCUT2D eigenvalue weighted by molar-refractivity contribution is -0.145. The van der Waals surface area contributed by atoms with E-state index >= 15 is 0 Å². The Bertz CT molecular complexity index is 859. The number of halogens is 3. The number of rotatable bonds is 11. The molecular weight excluding hydrogens is 425 g/mol. The van der Waals surface area contributed by atoms with Crippen molar-refractivity contribution in [2.75, 3.05) is 13.2 Å². The van der Waals surface area contributed by atoms with Crippen molar-refractivity contribution in [2.45, 2.75) is 51.2 Å². The van der Waals surface area contributed by atoms with Gasteiger partial charge in [-0.1, -0.05) is 24.3 Å². The van der Waals surface area contributed by atoms with Crippen LogP contribution in [0.4, 0.5) is 13.2 Å². The van der Waals surface area contributed by atoms with Gasteiger partial charge in [-0.05, 0) is 55.7 Å². The molecular formula is C23H29F3N2O4. The summed E-state index contributed by atoms with van der Waals surface area (Å²) in [6.07, 6.45) is -5.74. The van der Waals surface area contributed by atoms with Gasteiger partial charge in [0.15, 0.2) is 6.23 Å². The molecule has 2 aromatic carbocycles. The lowest BCUT2D eigenvalue weighted by Gasteiger charge is -2.19. The van der Waals surface area contributed by atoms with E-state index in [0.29, 0.717) is 12.2 Å². The highest BCUT2D eigenvalue weighted by molar-refractivity contribution is 5.69. The number of aliphatic hydroxyl groups is 1. The van der Waals surface area contributed by atoms with Gasteiger partial charge in [0.2, 0.25) is 0 Å². The second-order valence-electron chi connectivity index (χ2n) is 7.46. The third-order valence-electron chi connectivity index (χ3n) is 4.68. The number of benzene rings is 2. The van der Waals surface area contributed by atoms with Crippen molar-refractivity contribution in [1.82, 2.24) is 5.32 Å². The maximum Gasteiger partial charge on any atom is 0.416 e. The van der Waals surface area contributed by atoms with E-state index in [1.807, 2.05) is 19.1 Å². The van der Waals surface area contributed by atoms with Crippen LogP contribution >= 0.6 is 0 Å². The third-order valence-corrected chi connectivity index (χ3v) is 4.68. The van der Waals surface area contributed by atoms with Crippen molar-refractivity contribution in [3.8, 4) is 5.75 Å². The van der Waals surface area contributed by atoms with Crippen LogP contribution in [0.5, 0.6) is 5.75 Å². The molecule has 0 aliphatic heterocycles. The number of nitrogens with two attached hydrogens (primary N) is 1. The molecule has 3 atom stereocenters. The highest BCUT2D eigenvalue weighted by atomic mass is 19.4. The summed E-state index contributed by atoms with van der Waals surface area (Å²) in [4.78, 5) is 11.4. The van der Waals surface area contributed by atoms with Crippen LogP contribution in [0.25, 0.3) is 0 Å². The summed E-state index contributed by atoms with van der Waals surface area (Å²) in [5.41, 5.74) is 6.20. The van der Waals surface area contributed by atoms with Crippen LogP contribution in [0.1, 0.15) is 43.1 Å². The van der Waals surface area contributed by atoms with E-state index in [1.54, 1.807) is 19.1 Å². The highest BCUT2D eigenvalue weighted by Gasteiger charge is 2.30. The van der Waals surface area contributed by atoms with E-state index in [9.17, 15) is 23.1 Å². The first kappa shape index (κ1) is 25.6. The molecule has 0 aliphatic carbocycles. The largest absolute Gasteiger partial charge is 0.475 e. The Hall–Kier alpha value is -2.62. The number of aliphatic hydroxyl groups excluding tert-OH is 1. The first-order chi connectivity index (χ1) is 15.1. The van der Waals surface area contributed by atoms with Gasteiger partial charge in [0.1, 0.15) is 5.75 Å². The molecule has 0 bridgehead atoms. The number of hydrogen-bond acceptors (Lipinski definition) is 6. The van der Waals surface area contributed by atoms with Gasteiger partial charge < -0.3 is 19.9 Å². The Morgan fingerprint density at radius 1 is 1.19 bits per heavy atom. The van der Waals surface area contributed by atoms with Crippen LogP contribution in [-0.2, 0) is 22.1 Å². The molecule has 4 N–H and O–H groups in total. The van der Waals surface area contributed by atoms with Crippen LogP contribution in [0.2, 0.25) is 0 Å². The molecule has 2 rings (SSSR count). The van der Waals surface area contributed by atoms with E-state index in [0.717, 1.165) is 17.7 Å². The zero-order valence-electron chi connectivity index (χ0n) is 18.1. The van der Waals surface area contributed by atoms with Crippen LogP contribution < -0.4 is 15.8 Å². The number of alkyl halides is 3. The molecule has 0 saturated carbocycles. The fourth-order valence-corrected chi connectivity index (χ4v) is 3.08. The zero-order chi connectivity index (χ0) is 23.7. The Labute approximate surface area is 185 Å². The SMILES string of the molecule is CCOC(=O)CC(N)Oc1ccc(CC(C)NCC(O)c2cccc(C(F)(F)F)c2)cc1. The lowest BCUT2D eigenvalue weighted by Crippen LogP contribution is -2.32. The van der Waals surface area contributed by atoms with Crippen LogP contribution in [0, 0.1) is 0 Å². The maximum absolute atomic E-state index is 12.8. The first-order valence-electron chi connectivity index (χ1n) is 10.3. The van der Waals surface area contributed by atoms with Gasteiger partial charge in [0.05, 0.1) is 24.7 Å². The monoisotopic (exact) mass is 454 g/mol. The quantitative estimate of drug-likeness (QED) is 0.355. The van der Waals surface area contributed by atoms with Crippen molar-refractivity contribution >= 4 is 5.97 Å². The van der Waals surface area contributed by atoms with Gasteiger partial charge >= 0.3 is 12.1 Å². The van der Waals surface area contributed by atoms with Crippen molar-refractivity contribution in [1.29, 1.82) is 0 Å². The summed E-state index contributed by atoms with van der Waals surface area (Å²) in [5.74, 6) is 0.0926. The normalized spacial score (nSPS) is 14.5. The number of ether oxygens (including phenoxy) is 2. The fourth-order valence-electron chi connectivity index (χ4n) is 3.08. The molecule has 0 spiro atoms. The Morgan fingerprint density at radius 3 is 2.50 bits per heavy atom. The molecule has 6 nitrogen and oxygen atoms in total. The van der Waals surface area contributed by atoms with Gasteiger partial charge in [-0.3, -0.25) is 10.5 Å². The number of esters is 1. The number of hydrogen-bond donors (Lipinski definition) is 3. The molecule has 0 radical (unpaired) electrons. The predicted octanol–water partition coefficient (Wildman–Crippen LogP) is 3.58. The summed E-state index contributed by atoms with van der Waals surface area (Å²) in [5, 5.41) is 13.4. The second kappa shape index (κ2) is 11.8. The van der Waals surface area contributed by atoms with Gasteiger partial charge in [0, 0.05) is 12.6 Å². The Kier molecular flexibility index (Phi) is 9.49. The predicted molar refractivity (Wildman–Crippen MR) is 114 cm³/mol. The fraction of sp³-hybridized carbons (Fsp3) is 0.435. The molecule has 0 aromatic heterocycles. The van der Waals surface area contributed by atoms with E-state index < -0.39 is 30.0 Å². The molecule has 3 unspecified atom stereocenters. The summed E-state index contributed by atoms with van der Waals surface area (Å²) in [7, 11) is 0. The third kappa shape index (κ3) is 8.49. The smallest absolute Gasteiger partial charge is 0.416 e. The Balaban J connectivity index is 1.82. The molecule has 0 saturated heterocycles. The van der Waals surface area contributed by atoms with Crippen LogP contribution in [0.3, 0.4) is 0 Å². The minimum absolute atomic E-state index is 0.0340. The summed E-state index contributed by atoms with van der Waals surface area (Å²) >= 11 is 0. The standard InChI is InChI=1S/C23H29F3N2O4/c1-3-31-22(30)13-21(27)32-19-9-7-16(8-10-19)11-15(2)28-14-20(29)17-5-4-6-18(12-17)23(24,25)26/h4-10,12,15,20-21,28-29H,3,11,13-14,27H2,1-2H3. The van der Waals surface area contributed by atoms with Crippen molar-refractivity contribution in [3.05, 3.63) is 65.2 Å². The molecule has 32 heavy (non-hydrogen) atoms. The van der Waals surface area contributed by atoms with E-state index in [2.05, 4.69) is 5.32 Å². The van der Waals surface area contributed by atoms with E-state index in [-0.39, 0.29) is 31.2 Å². The topological polar surface area (TPSA) is 93.8 Å². The lowest BCUT2D eigenvalue weighted by atomic mass is 10.0. The number of carbonyl (C=O) groups is 1. The molecule has 0 fully saturated rings. The minimum Gasteiger partial charge on any atom is -0.475 e. The van der Waals surface area contributed by atoms with Gasteiger partial charge in [-0.15, -0.1) is 0 Å². The average molecular weight is 454 g/mol. The van der Waals surface area contributed by atoms with Gasteiger partial charge in [-0.25, -0.2) is 0 Å². The first-order valence-corrected chi connectivity index (χ1v) is 10.3. The molecule has 176 valence electrons. The number of carbonyl (C=O) groups excluding carboxylic acids is 1. The van der Waals surface area contributed by atoms with Crippen LogP contribution in [-0.4, -0.2) is 36.5 Å². The van der Waals surface area contributed by atoms with E-state index in [4.69, 9.17) is 15.2 Å². The zero-order valence-corrected chi connectivity index (χ0v) is 18.1. The maximum atomic E-state index is 12.8. The van der Waals surface area contributed by atoms with Crippen molar-refractivity contribution in [3.63, 3.8) is 0 Å². The van der Waals surface area contributed by atoms with Gasteiger partial charge in [0.25, 0.3) is 0 Å². The number of nitrogens with one attached hydrogen (secondary N) is 1. The molecule has 0 heterocycles. The molecule has 0 aliphatic rings. The summed E-state index contributed by atoms with van der Waals surface area (Å²) < 4.78 is 48.8. The molecule has 9 heteroatoms. The second-order valence-corrected chi connectivity index (χ2v) is 7.46. The molecule has 0 amide bonds. The summed E-state index contributed by atoms with van der Waals surface area (Å²) in [6.45, 7) is 4.03. The minimum atomic E-state index is -4.45. The average Bonchev–Trinajstić information content (AvgIpc) is 2.73.